The largest absolute Gasteiger partial charge is 0.395 e. The van der Waals surface area contributed by atoms with Crippen LogP contribution in [0.5, 0.6) is 0 Å². The molecular weight excluding hydrogens is 226 g/mol. The second kappa shape index (κ2) is 7.46. The number of hydrogen-bond acceptors (Lipinski definition) is 3. The number of hydrogen-bond donors (Lipinski definition) is 1. The Morgan fingerprint density at radius 2 is 1.72 bits per heavy atom. The van der Waals surface area contributed by atoms with Gasteiger partial charge in [-0.2, -0.15) is 0 Å². The molecular formula is C15H29NO2. The SMILES string of the molecule is COC1CCC(CN(CCO)C2CCCC2)CC1. The van der Waals surface area contributed by atoms with Gasteiger partial charge in [0.05, 0.1) is 12.7 Å². The lowest BCUT2D eigenvalue weighted by Crippen LogP contribution is -2.40. The van der Waals surface area contributed by atoms with E-state index in [4.69, 9.17) is 4.74 Å². The zero-order valence-corrected chi connectivity index (χ0v) is 11.8. The van der Waals surface area contributed by atoms with Gasteiger partial charge in [0.15, 0.2) is 0 Å². The summed E-state index contributed by atoms with van der Waals surface area (Å²) in [4.78, 5) is 2.56. The maximum Gasteiger partial charge on any atom is 0.0571 e. The third-order valence-electron chi connectivity index (χ3n) is 4.85. The first-order valence-corrected chi connectivity index (χ1v) is 7.71. The van der Waals surface area contributed by atoms with Crippen molar-refractivity contribution in [1.29, 1.82) is 0 Å². The summed E-state index contributed by atoms with van der Waals surface area (Å²) in [5.74, 6) is 0.823. The van der Waals surface area contributed by atoms with E-state index < -0.39 is 0 Å². The Bertz CT molecular complexity index is 221. The molecule has 2 rings (SSSR count). The van der Waals surface area contributed by atoms with Crippen molar-refractivity contribution in [2.45, 2.75) is 63.5 Å². The molecule has 0 aromatic rings. The fourth-order valence-electron chi connectivity index (χ4n) is 3.70. The van der Waals surface area contributed by atoms with Crippen molar-refractivity contribution >= 4 is 0 Å². The lowest BCUT2D eigenvalue weighted by atomic mass is 9.86. The summed E-state index contributed by atoms with van der Waals surface area (Å²) in [6.45, 7) is 2.38. The van der Waals surface area contributed by atoms with E-state index in [2.05, 4.69) is 4.90 Å². The average molecular weight is 255 g/mol. The van der Waals surface area contributed by atoms with Gasteiger partial charge in [-0.25, -0.2) is 0 Å². The molecule has 0 aromatic carbocycles. The van der Waals surface area contributed by atoms with Gasteiger partial charge in [0, 0.05) is 26.2 Å². The smallest absolute Gasteiger partial charge is 0.0571 e. The fraction of sp³-hybridized carbons (Fsp3) is 1.00. The molecule has 0 atom stereocenters. The molecule has 0 amide bonds. The zero-order chi connectivity index (χ0) is 12.8. The van der Waals surface area contributed by atoms with Crippen molar-refractivity contribution in [2.24, 2.45) is 5.92 Å². The minimum Gasteiger partial charge on any atom is -0.395 e. The molecule has 18 heavy (non-hydrogen) atoms. The van der Waals surface area contributed by atoms with Gasteiger partial charge in [0.2, 0.25) is 0 Å². The summed E-state index contributed by atoms with van der Waals surface area (Å²) in [5, 5.41) is 9.24. The first-order chi connectivity index (χ1) is 8.83. The van der Waals surface area contributed by atoms with Gasteiger partial charge in [-0.1, -0.05) is 12.8 Å². The van der Waals surface area contributed by atoms with Gasteiger partial charge >= 0.3 is 0 Å². The number of aliphatic hydroxyl groups excluding tert-OH is 1. The molecule has 0 heterocycles. The second-order valence-electron chi connectivity index (χ2n) is 6.04. The Balaban J connectivity index is 1.77. The lowest BCUT2D eigenvalue weighted by molar-refractivity contribution is 0.0431. The Morgan fingerprint density at radius 1 is 1.06 bits per heavy atom. The standard InChI is InChI=1S/C15H29NO2/c1-18-15-8-6-13(7-9-15)12-16(10-11-17)14-4-2-3-5-14/h13-15,17H,2-12H2,1H3. The number of rotatable bonds is 6. The molecule has 2 aliphatic rings. The van der Waals surface area contributed by atoms with Crippen molar-refractivity contribution in [3.05, 3.63) is 0 Å². The number of aliphatic hydroxyl groups is 1. The highest BCUT2D eigenvalue weighted by Gasteiger charge is 2.27. The van der Waals surface area contributed by atoms with E-state index in [0.29, 0.717) is 12.7 Å². The highest BCUT2D eigenvalue weighted by molar-refractivity contribution is 4.81. The van der Waals surface area contributed by atoms with E-state index in [1.54, 1.807) is 0 Å². The Morgan fingerprint density at radius 3 is 2.28 bits per heavy atom. The molecule has 0 spiro atoms. The van der Waals surface area contributed by atoms with Gasteiger partial charge in [-0.3, -0.25) is 4.90 Å². The second-order valence-corrected chi connectivity index (χ2v) is 6.04. The van der Waals surface area contributed by atoms with Crippen LogP contribution in [0.2, 0.25) is 0 Å². The molecule has 0 radical (unpaired) electrons. The van der Waals surface area contributed by atoms with Gasteiger partial charge in [-0.15, -0.1) is 0 Å². The third kappa shape index (κ3) is 3.94. The molecule has 3 nitrogen and oxygen atoms in total. The van der Waals surface area contributed by atoms with Crippen molar-refractivity contribution < 1.29 is 9.84 Å². The summed E-state index contributed by atoms with van der Waals surface area (Å²) in [6, 6.07) is 0.747. The number of ether oxygens (including phenoxy) is 1. The molecule has 1 N–H and O–H groups in total. The Kier molecular flexibility index (Phi) is 5.93. The molecule has 0 aromatic heterocycles. The predicted octanol–water partition coefficient (Wildman–Crippen LogP) is 2.43. The highest BCUT2D eigenvalue weighted by atomic mass is 16.5. The number of nitrogens with zero attached hydrogens (tertiary/aromatic N) is 1. The van der Waals surface area contributed by atoms with Crippen molar-refractivity contribution in [3.63, 3.8) is 0 Å². The maximum absolute atomic E-state index is 9.24. The highest BCUT2D eigenvalue weighted by Crippen LogP contribution is 2.29. The van der Waals surface area contributed by atoms with E-state index in [1.807, 2.05) is 7.11 Å². The van der Waals surface area contributed by atoms with Crippen LogP contribution in [0, 0.1) is 5.92 Å². The topological polar surface area (TPSA) is 32.7 Å². The van der Waals surface area contributed by atoms with Crippen molar-refractivity contribution in [1.82, 2.24) is 4.90 Å². The summed E-state index contributed by atoms with van der Waals surface area (Å²) >= 11 is 0. The van der Waals surface area contributed by atoms with Crippen LogP contribution in [0.25, 0.3) is 0 Å². The first kappa shape index (κ1) is 14.3. The van der Waals surface area contributed by atoms with E-state index >= 15 is 0 Å². The predicted molar refractivity (Wildman–Crippen MR) is 73.7 cm³/mol. The lowest BCUT2D eigenvalue weighted by Gasteiger charge is -2.35. The van der Waals surface area contributed by atoms with Crippen LogP contribution in [0.4, 0.5) is 0 Å². The molecule has 2 saturated carbocycles. The molecule has 0 unspecified atom stereocenters. The van der Waals surface area contributed by atoms with Crippen LogP contribution in [0.15, 0.2) is 0 Å². The van der Waals surface area contributed by atoms with E-state index in [-0.39, 0.29) is 0 Å². The summed E-state index contributed by atoms with van der Waals surface area (Å²) in [6.07, 6.45) is 11.0. The molecule has 0 aliphatic heterocycles. The molecule has 2 fully saturated rings. The molecule has 0 bridgehead atoms. The zero-order valence-electron chi connectivity index (χ0n) is 11.8. The quantitative estimate of drug-likeness (QED) is 0.791. The van der Waals surface area contributed by atoms with Crippen molar-refractivity contribution in [3.8, 4) is 0 Å². The van der Waals surface area contributed by atoms with Gasteiger partial charge < -0.3 is 9.84 Å². The minimum atomic E-state index is 0.309. The first-order valence-electron chi connectivity index (χ1n) is 7.71. The molecule has 2 aliphatic carbocycles. The Labute approximate surface area is 112 Å². The summed E-state index contributed by atoms with van der Waals surface area (Å²) < 4.78 is 5.44. The monoisotopic (exact) mass is 255 g/mol. The average Bonchev–Trinajstić information content (AvgIpc) is 2.93. The molecule has 106 valence electrons. The number of methoxy groups -OCH3 is 1. The van der Waals surface area contributed by atoms with Crippen LogP contribution in [-0.2, 0) is 4.74 Å². The van der Waals surface area contributed by atoms with Gasteiger partial charge in [0.1, 0.15) is 0 Å². The van der Waals surface area contributed by atoms with Gasteiger partial charge in [-0.05, 0) is 44.4 Å². The minimum absolute atomic E-state index is 0.309. The summed E-state index contributed by atoms with van der Waals surface area (Å²) in [7, 11) is 1.83. The van der Waals surface area contributed by atoms with Crippen LogP contribution >= 0.6 is 0 Å². The maximum atomic E-state index is 9.24. The van der Waals surface area contributed by atoms with Crippen LogP contribution in [0.3, 0.4) is 0 Å². The van der Waals surface area contributed by atoms with E-state index in [1.165, 1.54) is 57.9 Å². The Hall–Kier alpha value is -0.120. The summed E-state index contributed by atoms with van der Waals surface area (Å²) in [5.41, 5.74) is 0. The molecule has 3 heteroatoms. The van der Waals surface area contributed by atoms with Crippen LogP contribution in [-0.4, -0.2) is 49.0 Å². The normalized spacial score (nSPS) is 30.2. The van der Waals surface area contributed by atoms with E-state index in [9.17, 15) is 5.11 Å². The fourth-order valence-corrected chi connectivity index (χ4v) is 3.70. The van der Waals surface area contributed by atoms with E-state index in [0.717, 1.165) is 18.5 Å². The van der Waals surface area contributed by atoms with Crippen LogP contribution < -0.4 is 0 Å². The van der Waals surface area contributed by atoms with Crippen molar-refractivity contribution in [2.75, 3.05) is 26.8 Å². The molecule has 0 saturated heterocycles. The van der Waals surface area contributed by atoms with Gasteiger partial charge in [0.25, 0.3) is 0 Å². The third-order valence-corrected chi connectivity index (χ3v) is 4.85. The van der Waals surface area contributed by atoms with Crippen LogP contribution in [0.1, 0.15) is 51.4 Å².